The van der Waals surface area contributed by atoms with Crippen LogP contribution in [0, 0.1) is 0 Å². The Balaban J connectivity index is 1.97. The summed E-state index contributed by atoms with van der Waals surface area (Å²) in [5, 5.41) is 0.971. The molecular weight excluding hydrogens is 278 g/mol. The molecule has 1 aliphatic rings. The van der Waals surface area contributed by atoms with Crippen molar-refractivity contribution in [2.45, 2.75) is 19.9 Å². The van der Waals surface area contributed by atoms with Crippen LogP contribution in [0.2, 0.25) is 0 Å². The summed E-state index contributed by atoms with van der Waals surface area (Å²) >= 11 is 1.57. The van der Waals surface area contributed by atoms with Crippen LogP contribution in [0.15, 0.2) is 6.33 Å². The van der Waals surface area contributed by atoms with Crippen molar-refractivity contribution in [2.24, 2.45) is 5.84 Å². The van der Waals surface area contributed by atoms with E-state index in [0.29, 0.717) is 25.5 Å². The third-order valence-electron chi connectivity index (χ3n) is 3.30. The lowest BCUT2D eigenvalue weighted by Gasteiger charge is -2.26. The fourth-order valence-electron chi connectivity index (χ4n) is 2.41. The van der Waals surface area contributed by atoms with Gasteiger partial charge in [-0.05, 0) is 18.9 Å². The molecule has 0 saturated carbocycles. The molecule has 0 unspecified atom stereocenters. The van der Waals surface area contributed by atoms with Crippen molar-refractivity contribution in [3.05, 3.63) is 16.8 Å². The number of carbonyl (C=O) groups is 1. The first-order valence-electron chi connectivity index (χ1n) is 6.38. The Hall–Kier alpha value is -1.93. The minimum absolute atomic E-state index is 0.265. The Kier molecular flexibility index (Phi) is 3.41. The first-order valence-corrected chi connectivity index (χ1v) is 7.19. The maximum Gasteiger partial charge on any atom is 0.410 e. The van der Waals surface area contributed by atoms with E-state index in [0.717, 1.165) is 21.5 Å². The number of hydrogen-bond donors (Lipinski definition) is 2. The first-order chi connectivity index (χ1) is 9.74. The molecule has 1 amide bonds. The van der Waals surface area contributed by atoms with Crippen LogP contribution in [0.5, 0.6) is 0 Å². The molecule has 3 rings (SSSR count). The lowest BCUT2D eigenvalue weighted by molar-refractivity contribution is 0.103. The molecular formula is C12H15N5O2S. The van der Waals surface area contributed by atoms with Gasteiger partial charge in [-0.15, -0.1) is 11.3 Å². The molecule has 0 fully saturated rings. The molecule has 3 N–H and O–H groups in total. The number of hydrogen-bond acceptors (Lipinski definition) is 7. The molecule has 0 aromatic carbocycles. The van der Waals surface area contributed by atoms with E-state index in [9.17, 15) is 4.79 Å². The second-order valence-corrected chi connectivity index (χ2v) is 5.50. The van der Waals surface area contributed by atoms with Crippen molar-refractivity contribution in [2.75, 3.05) is 18.6 Å². The summed E-state index contributed by atoms with van der Waals surface area (Å²) in [4.78, 5) is 23.9. The Morgan fingerprint density at radius 1 is 1.60 bits per heavy atom. The van der Waals surface area contributed by atoms with E-state index in [-0.39, 0.29) is 6.09 Å². The maximum atomic E-state index is 11.8. The molecule has 3 heterocycles. The molecule has 2 aromatic rings. The van der Waals surface area contributed by atoms with Crippen molar-refractivity contribution in [3.63, 3.8) is 0 Å². The first kappa shape index (κ1) is 13.1. The van der Waals surface area contributed by atoms with E-state index in [4.69, 9.17) is 10.6 Å². The van der Waals surface area contributed by atoms with Gasteiger partial charge in [-0.25, -0.2) is 20.6 Å². The smallest absolute Gasteiger partial charge is 0.410 e. The van der Waals surface area contributed by atoms with E-state index >= 15 is 0 Å². The highest BCUT2D eigenvalue weighted by Gasteiger charge is 2.26. The minimum atomic E-state index is -0.265. The molecule has 1 aliphatic heterocycles. The highest BCUT2D eigenvalue weighted by atomic mass is 32.1. The largest absolute Gasteiger partial charge is 0.450 e. The Morgan fingerprint density at radius 2 is 2.45 bits per heavy atom. The van der Waals surface area contributed by atoms with Gasteiger partial charge in [0.05, 0.1) is 18.5 Å². The molecule has 0 spiro atoms. The molecule has 0 saturated heterocycles. The number of fused-ring (bicyclic) bond motifs is 3. The number of nitrogens with zero attached hydrogens (tertiary/aromatic N) is 3. The molecule has 0 radical (unpaired) electrons. The predicted octanol–water partition coefficient (Wildman–Crippen LogP) is 1.49. The van der Waals surface area contributed by atoms with Crippen molar-refractivity contribution >= 4 is 33.5 Å². The fourth-order valence-corrected chi connectivity index (χ4v) is 3.61. The SMILES string of the molecule is CCOC(=O)N1CCc2c(sc3ncnc(NN)c23)C1. The number of thiophene rings is 1. The topological polar surface area (TPSA) is 93.4 Å². The third kappa shape index (κ3) is 2.06. The fraction of sp³-hybridized carbons (Fsp3) is 0.417. The lowest BCUT2D eigenvalue weighted by Crippen LogP contribution is -2.35. The van der Waals surface area contributed by atoms with Crippen molar-refractivity contribution in [1.82, 2.24) is 14.9 Å². The number of ether oxygens (including phenoxy) is 1. The Morgan fingerprint density at radius 3 is 3.20 bits per heavy atom. The van der Waals surface area contributed by atoms with Gasteiger partial charge < -0.3 is 15.1 Å². The number of rotatable bonds is 2. The quantitative estimate of drug-likeness (QED) is 0.643. The van der Waals surface area contributed by atoms with Crippen molar-refractivity contribution < 1.29 is 9.53 Å². The number of aromatic nitrogens is 2. The second kappa shape index (κ2) is 5.22. The van der Waals surface area contributed by atoms with Gasteiger partial charge in [-0.1, -0.05) is 0 Å². The molecule has 106 valence electrons. The van der Waals surface area contributed by atoms with E-state index < -0.39 is 0 Å². The number of anilines is 1. The van der Waals surface area contributed by atoms with Crippen LogP contribution in [0.3, 0.4) is 0 Å². The molecule has 20 heavy (non-hydrogen) atoms. The predicted molar refractivity (Wildman–Crippen MR) is 76.4 cm³/mol. The summed E-state index contributed by atoms with van der Waals surface area (Å²) < 4.78 is 5.05. The second-order valence-electron chi connectivity index (χ2n) is 4.42. The average molecular weight is 293 g/mol. The van der Waals surface area contributed by atoms with E-state index in [2.05, 4.69) is 15.4 Å². The zero-order chi connectivity index (χ0) is 14.1. The van der Waals surface area contributed by atoms with Crippen molar-refractivity contribution in [1.29, 1.82) is 0 Å². The zero-order valence-corrected chi connectivity index (χ0v) is 11.9. The van der Waals surface area contributed by atoms with Gasteiger partial charge >= 0.3 is 6.09 Å². The summed E-state index contributed by atoms with van der Waals surface area (Å²) in [7, 11) is 0. The van der Waals surface area contributed by atoms with Crippen LogP contribution in [0.25, 0.3) is 10.2 Å². The minimum Gasteiger partial charge on any atom is -0.450 e. The Labute approximate surface area is 119 Å². The highest BCUT2D eigenvalue weighted by Crippen LogP contribution is 2.36. The van der Waals surface area contributed by atoms with Gasteiger partial charge in [0.2, 0.25) is 0 Å². The lowest BCUT2D eigenvalue weighted by atomic mass is 10.1. The summed E-state index contributed by atoms with van der Waals surface area (Å²) in [6.07, 6.45) is 1.98. The standard InChI is InChI=1S/C12H15N5O2S/c1-2-19-12(18)17-4-3-7-8(5-17)20-11-9(7)10(16-13)14-6-15-11/h6H,2-5,13H2,1H3,(H,14,15,16). The summed E-state index contributed by atoms with van der Waals surface area (Å²) in [5.74, 6) is 6.14. The third-order valence-corrected chi connectivity index (χ3v) is 4.42. The van der Waals surface area contributed by atoms with Gasteiger partial charge in [0.25, 0.3) is 0 Å². The van der Waals surface area contributed by atoms with Gasteiger partial charge in [-0.2, -0.15) is 0 Å². The Bertz CT molecular complexity index is 657. The molecule has 0 aliphatic carbocycles. The summed E-state index contributed by atoms with van der Waals surface area (Å²) in [6, 6.07) is 0. The number of carbonyl (C=O) groups excluding carboxylic acids is 1. The van der Waals surface area contributed by atoms with Gasteiger partial charge in [0, 0.05) is 11.4 Å². The van der Waals surface area contributed by atoms with Gasteiger partial charge in [0.15, 0.2) is 5.82 Å². The number of nitrogen functional groups attached to an aromatic ring is 1. The van der Waals surface area contributed by atoms with Crippen molar-refractivity contribution in [3.8, 4) is 0 Å². The van der Waals surface area contributed by atoms with E-state index in [1.165, 1.54) is 11.9 Å². The highest BCUT2D eigenvalue weighted by molar-refractivity contribution is 7.19. The number of amides is 1. The normalized spacial score (nSPS) is 14.2. The maximum absolute atomic E-state index is 11.8. The molecule has 0 bridgehead atoms. The van der Waals surface area contributed by atoms with E-state index in [1.54, 1.807) is 16.2 Å². The summed E-state index contributed by atoms with van der Waals surface area (Å²) in [6.45, 7) is 3.39. The number of nitrogens with two attached hydrogens (primary N) is 1. The van der Waals surface area contributed by atoms with Gasteiger partial charge in [0.1, 0.15) is 11.2 Å². The van der Waals surface area contributed by atoms with Crippen LogP contribution in [0.4, 0.5) is 10.6 Å². The molecule has 2 aromatic heterocycles. The summed E-state index contributed by atoms with van der Waals surface area (Å²) in [5.41, 5.74) is 3.79. The molecule has 7 nitrogen and oxygen atoms in total. The van der Waals surface area contributed by atoms with E-state index in [1.807, 2.05) is 6.92 Å². The van der Waals surface area contributed by atoms with Crippen LogP contribution in [0.1, 0.15) is 17.4 Å². The molecule has 0 atom stereocenters. The van der Waals surface area contributed by atoms with Crippen LogP contribution >= 0.6 is 11.3 Å². The van der Waals surface area contributed by atoms with Crippen LogP contribution < -0.4 is 11.3 Å². The number of nitrogens with one attached hydrogen (secondary N) is 1. The van der Waals surface area contributed by atoms with Crippen LogP contribution in [-0.2, 0) is 17.7 Å². The van der Waals surface area contributed by atoms with Gasteiger partial charge in [-0.3, -0.25) is 0 Å². The average Bonchev–Trinajstić information content (AvgIpc) is 2.84. The molecule has 8 heteroatoms. The monoisotopic (exact) mass is 293 g/mol. The zero-order valence-electron chi connectivity index (χ0n) is 11.0. The number of hydrazine groups is 1. The van der Waals surface area contributed by atoms with Crippen LogP contribution in [-0.4, -0.2) is 34.1 Å².